The zero-order chi connectivity index (χ0) is 8.97. The average Bonchev–Trinajstić information content (AvgIpc) is 2.09. The van der Waals surface area contributed by atoms with Crippen LogP contribution in [0.15, 0.2) is 12.7 Å². The van der Waals surface area contributed by atoms with E-state index in [0.717, 1.165) is 18.9 Å². The third-order valence-corrected chi connectivity index (χ3v) is 1.80. The number of hydrogen-bond acceptors (Lipinski definition) is 4. The summed E-state index contributed by atoms with van der Waals surface area (Å²) in [5.41, 5.74) is 0. The maximum Gasteiger partial charge on any atom is 0.349 e. The number of aliphatic hydroxyl groups excluding tert-OH is 1. The molecule has 0 saturated carbocycles. The van der Waals surface area contributed by atoms with Gasteiger partial charge in [-0.05, 0) is 19.3 Å². The van der Waals surface area contributed by atoms with E-state index in [2.05, 4.69) is 6.58 Å². The van der Waals surface area contributed by atoms with Crippen LogP contribution in [0.4, 0.5) is 0 Å². The highest BCUT2D eigenvalue weighted by Gasteiger charge is 2.22. The van der Waals surface area contributed by atoms with Gasteiger partial charge in [0.1, 0.15) is 6.23 Å². The Labute approximate surface area is 71.4 Å². The van der Waals surface area contributed by atoms with Crippen molar-refractivity contribution in [2.24, 2.45) is 0 Å². The van der Waals surface area contributed by atoms with E-state index >= 15 is 0 Å². The molecule has 1 aliphatic rings. The standard InChI is InChI=1S/C8H13NO3/c1-2-8(11)12-9-6-4-3-5-7(9)10/h2,7,10H,1,3-6H2. The minimum absolute atomic E-state index is 0.518. The molecule has 0 aliphatic carbocycles. The molecule has 0 radical (unpaired) electrons. The summed E-state index contributed by atoms with van der Waals surface area (Å²) < 4.78 is 0. The highest BCUT2D eigenvalue weighted by atomic mass is 16.7. The molecule has 1 heterocycles. The van der Waals surface area contributed by atoms with Crippen molar-refractivity contribution < 1.29 is 14.7 Å². The van der Waals surface area contributed by atoms with E-state index in [1.165, 1.54) is 5.06 Å². The van der Waals surface area contributed by atoms with Gasteiger partial charge in [-0.1, -0.05) is 6.58 Å². The van der Waals surface area contributed by atoms with Crippen molar-refractivity contribution in [1.82, 2.24) is 5.06 Å². The van der Waals surface area contributed by atoms with Gasteiger partial charge in [-0.3, -0.25) is 0 Å². The molecule has 0 aromatic heterocycles. The first kappa shape index (κ1) is 9.22. The number of hydrogen-bond donors (Lipinski definition) is 1. The van der Waals surface area contributed by atoms with E-state index < -0.39 is 12.2 Å². The number of carbonyl (C=O) groups is 1. The van der Waals surface area contributed by atoms with Crippen LogP contribution < -0.4 is 0 Å². The summed E-state index contributed by atoms with van der Waals surface area (Å²) in [6.07, 6.45) is 3.01. The van der Waals surface area contributed by atoms with E-state index in [0.29, 0.717) is 13.0 Å². The Morgan fingerprint density at radius 1 is 1.67 bits per heavy atom. The summed E-state index contributed by atoms with van der Waals surface area (Å²) in [7, 11) is 0. The molecule has 68 valence electrons. The van der Waals surface area contributed by atoms with Crippen LogP contribution in [0.2, 0.25) is 0 Å². The van der Waals surface area contributed by atoms with E-state index in [9.17, 15) is 9.90 Å². The second-order valence-corrected chi connectivity index (χ2v) is 2.73. The van der Waals surface area contributed by atoms with Crippen LogP contribution in [0.5, 0.6) is 0 Å². The Bertz CT molecular complexity index is 181. The third kappa shape index (κ3) is 2.32. The first-order chi connectivity index (χ1) is 5.74. The molecule has 1 N–H and O–H groups in total. The smallest absolute Gasteiger partial charge is 0.349 e. The van der Waals surface area contributed by atoms with Gasteiger partial charge in [0.05, 0.1) is 0 Å². The van der Waals surface area contributed by atoms with Gasteiger partial charge in [-0.25, -0.2) is 4.79 Å². The van der Waals surface area contributed by atoms with Gasteiger partial charge < -0.3 is 9.94 Å². The summed E-state index contributed by atoms with van der Waals surface area (Å²) in [5, 5.41) is 10.6. The summed E-state index contributed by atoms with van der Waals surface area (Å²) >= 11 is 0. The van der Waals surface area contributed by atoms with E-state index in [1.54, 1.807) is 0 Å². The van der Waals surface area contributed by atoms with E-state index in [-0.39, 0.29) is 0 Å². The van der Waals surface area contributed by atoms with Gasteiger partial charge in [0.2, 0.25) is 0 Å². The Kier molecular flexibility index (Phi) is 3.25. The van der Waals surface area contributed by atoms with Crippen LogP contribution in [0.25, 0.3) is 0 Å². The fourth-order valence-electron chi connectivity index (χ4n) is 1.15. The maximum absolute atomic E-state index is 10.7. The molecule has 0 spiro atoms. The second-order valence-electron chi connectivity index (χ2n) is 2.73. The van der Waals surface area contributed by atoms with Crippen LogP contribution in [0.1, 0.15) is 19.3 Å². The lowest BCUT2D eigenvalue weighted by atomic mass is 10.1. The number of aliphatic hydroxyl groups is 1. The van der Waals surface area contributed by atoms with Crippen LogP contribution in [-0.2, 0) is 9.63 Å². The zero-order valence-electron chi connectivity index (χ0n) is 6.90. The van der Waals surface area contributed by atoms with Crippen LogP contribution in [0.3, 0.4) is 0 Å². The van der Waals surface area contributed by atoms with Crippen molar-refractivity contribution in [3.63, 3.8) is 0 Å². The number of nitrogens with zero attached hydrogens (tertiary/aromatic N) is 1. The molecule has 1 fully saturated rings. The summed E-state index contributed by atoms with van der Waals surface area (Å²) in [5.74, 6) is -0.518. The Balaban J connectivity index is 2.38. The summed E-state index contributed by atoms with van der Waals surface area (Å²) in [6.45, 7) is 3.87. The molecule has 4 heteroatoms. The molecule has 0 bridgehead atoms. The SMILES string of the molecule is C=CC(=O)ON1CCCCC1O. The molecule has 4 nitrogen and oxygen atoms in total. The first-order valence-corrected chi connectivity index (χ1v) is 4.03. The highest BCUT2D eigenvalue weighted by Crippen LogP contribution is 2.14. The molecular weight excluding hydrogens is 158 g/mol. The predicted octanol–water partition coefficient (Wildman–Crippen LogP) is 0.435. The lowest BCUT2D eigenvalue weighted by Crippen LogP contribution is -2.40. The minimum Gasteiger partial charge on any atom is -0.375 e. The molecule has 1 rings (SSSR count). The number of rotatable bonds is 2. The van der Waals surface area contributed by atoms with E-state index in [1.807, 2.05) is 0 Å². The molecule has 0 amide bonds. The largest absolute Gasteiger partial charge is 0.375 e. The van der Waals surface area contributed by atoms with Gasteiger partial charge in [0, 0.05) is 12.6 Å². The molecule has 1 atom stereocenters. The second kappa shape index (κ2) is 4.23. The topological polar surface area (TPSA) is 49.8 Å². The fourth-order valence-corrected chi connectivity index (χ4v) is 1.15. The lowest BCUT2D eigenvalue weighted by molar-refractivity contribution is -0.237. The van der Waals surface area contributed by atoms with Gasteiger partial charge in [0.15, 0.2) is 0 Å². The molecule has 0 aromatic rings. The third-order valence-electron chi connectivity index (χ3n) is 1.80. The van der Waals surface area contributed by atoms with Crippen molar-refractivity contribution in [2.75, 3.05) is 6.54 Å². The predicted molar refractivity (Wildman–Crippen MR) is 42.9 cm³/mol. The normalized spacial score (nSPS) is 24.9. The first-order valence-electron chi connectivity index (χ1n) is 4.03. The van der Waals surface area contributed by atoms with Crippen LogP contribution >= 0.6 is 0 Å². The van der Waals surface area contributed by atoms with Gasteiger partial charge in [0.25, 0.3) is 0 Å². The Morgan fingerprint density at radius 3 is 3.00 bits per heavy atom. The molecule has 1 saturated heterocycles. The molecule has 1 unspecified atom stereocenters. The van der Waals surface area contributed by atoms with Crippen molar-refractivity contribution in [1.29, 1.82) is 0 Å². The Hall–Kier alpha value is -0.870. The minimum atomic E-state index is -0.650. The molecule has 1 aliphatic heterocycles. The van der Waals surface area contributed by atoms with E-state index in [4.69, 9.17) is 4.84 Å². The number of hydroxylamine groups is 2. The van der Waals surface area contributed by atoms with Gasteiger partial charge >= 0.3 is 5.97 Å². The molecule has 12 heavy (non-hydrogen) atoms. The summed E-state index contributed by atoms with van der Waals surface area (Å²) in [4.78, 5) is 15.5. The fraction of sp³-hybridized carbons (Fsp3) is 0.625. The van der Waals surface area contributed by atoms with Crippen LogP contribution in [0, 0.1) is 0 Å². The quantitative estimate of drug-likeness (QED) is 0.612. The molecule has 0 aromatic carbocycles. The van der Waals surface area contributed by atoms with Crippen LogP contribution in [-0.4, -0.2) is 28.9 Å². The summed E-state index contributed by atoms with van der Waals surface area (Å²) in [6, 6.07) is 0. The Morgan fingerprint density at radius 2 is 2.42 bits per heavy atom. The van der Waals surface area contributed by atoms with Gasteiger partial charge in [-0.15, -0.1) is 5.06 Å². The number of piperidine rings is 1. The lowest BCUT2D eigenvalue weighted by Gasteiger charge is -2.29. The number of carbonyl (C=O) groups excluding carboxylic acids is 1. The average molecular weight is 171 g/mol. The zero-order valence-corrected chi connectivity index (χ0v) is 6.90. The van der Waals surface area contributed by atoms with Crippen molar-refractivity contribution in [2.45, 2.75) is 25.5 Å². The van der Waals surface area contributed by atoms with Crippen molar-refractivity contribution in [3.05, 3.63) is 12.7 Å². The van der Waals surface area contributed by atoms with Crippen molar-refractivity contribution >= 4 is 5.97 Å². The van der Waals surface area contributed by atoms with Gasteiger partial charge in [-0.2, -0.15) is 0 Å². The molecular formula is C8H13NO3. The van der Waals surface area contributed by atoms with Crippen molar-refractivity contribution in [3.8, 4) is 0 Å². The highest BCUT2D eigenvalue weighted by molar-refractivity contribution is 5.80. The maximum atomic E-state index is 10.7. The monoisotopic (exact) mass is 171 g/mol.